The molecule has 0 radical (unpaired) electrons. The van der Waals surface area contributed by atoms with Crippen molar-refractivity contribution in [3.05, 3.63) is 108 Å². The highest BCUT2D eigenvalue weighted by Crippen LogP contribution is 2.38. The molecule has 7 heteroatoms. The number of aromatic hydroxyl groups is 1. The fourth-order valence-electron chi connectivity index (χ4n) is 6.15. The molecule has 0 atom stereocenters. The Morgan fingerprint density at radius 1 is 0.612 bits per heavy atom. The number of phenols is 1. The molecule has 0 spiro atoms. The van der Waals surface area contributed by atoms with E-state index in [1.807, 2.05) is 54.6 Å². The largest absolute Gasteiger partial charge is 0.506 e. The number of phenolic OH excluding ortho intramolecular Hbond substituents is 1. The van der Waals surface area contributed by atoms with Gasteiger partial charge in [0.1, 0.15) is 11.4 Å². The van der Waals surface area contributed by atoms with E-state index >= 15 is 0 Å². The van der Waals surface area contributed by atoms with Gasteiger partial charge in [0, 0.05) is 21.8 Å². The summed E-state index contributed by atoms with van der Waals surface area (Å²) in [5, 5.41) is 26.0. The van der Waals surface area contributed by atoms with Crippen molar-refractivity contribution < 1.29 is 19.4 Å². The lowest BCUT2D eigenvalue weighted by Crippen LogP contribution is -2.12. The number of nitrogens with one attached hydrogen (secondary N) is 1. The highest BCUT2D eigenvalue weighted by atomic mass is 16.5. The molecule has 0 bridgehead atoms. The normalized spacial score (nSPS) is 11.4. The van der Waals surface area contributed by atoms with Gasteiger partial charge < -0.3 is 15.2 Å². The van der Waals surface area contributed by atoms with E-state index in [0.29, 0.717) is 40.0 Å². The molecule has 0 aliphatic carbocycles. The molecule has 5 aromatic rings. The van der Waals surface area contributed by atoms with E-state index in [-0.39, 0.29) is 11.3 Å². The summed E-state index contributed by atoms with van der Waals surface area (Å²) in [6.07, 6.45) is 14.9. The van der Waals surface area contributed by atoms with Crippen LogP contribution in [0.2, 0.25) is 0 Å². The zero-order valence-electron chi connectivity index (χ0n) is 28.5. The van der Waals surface area contributed by atoms with Gasteiger partial charge in [-0.3, -0.25) is 4.79 Å². The summed E-state index contributed by atoms with van der Waals surface area (Å²) in [7, 11) is 0. The average molecular weight is 658 g/mol. The Kier molecular flexibility index (Phi) is 13.3. The van der Waals surface area contributed by atoms with Gasteiger partial charge in [-0.2, -0.15) is 0 Å². The van der Waals surface area contributed by atoms with E-state index in [2.05, 4.69) is 22.5 Å². The van der Waals surface area contributed by atoms with Gasteiger partial charge >= 0.3 is 5.97 Å². The van der Waals surface area contributed by atoms with Crippen LogP contribution in [0.15, 0.2) is 107 Å². The second-order valence-electron chi connectivity index (χ2n) is 12.6. The quantitative estimate of drug-likeness (QED) is 0.0556. The van der Waals surface area contributed by atoms with Crippen molar-refractivity contribution in [1.29, 1.82) is 0 Å². The number of carbonyl (C=O) groups is 2. The predicted molar refractivity (Wildman–Crippen MR) is 199 cm³/mol. The van der Waals surface area contributed by atoms with Crippen molar-refractivity contribution in [2.24, 2.45) is 10.2 Å². The average Bonchev–Trinajstić information content (AvgIpc) is 3.13. The summed E-state index contributed by atoms with van der Waals surface area (Å²) >= 11 is 0. The number of unbranched alkanes of at least 4 members (excludes halogenated alkanes) is 11. The number of hydrogen-bond acceptors (Lipinski definition) is 6. The number of hydrogen-bond donors (Lipinski definition) is 2. The zero-order chi connectivity index (χ0) is 34.3. The van der Waals surface area contributed by atoms with Gasteiger partial charge in [-0.25, -0.2) is 4.79 Å². The first kappa shape index (κ1) is 35.3. The molecule has 0 unspecified atom stereocenters. The van der Waals surface area contributed by atoms with E-state index in [9.17, 15) is 14.7 Å². The van der Waals surface area contributed by atoms with Crippen LogP contribution in [0.25, 0.3) is 21.5 Å². The third-order valence-corrected chi connectivity index (χ3v) is 8.90. The molecule has 0 saturated carbocycles. The van der Waals surface area contributed by atoms with Gasteiger partial charge in [-0.15, -0.1) is 10.2 Å². The van der Waals surface area contributed by atoms with Crippen LogP contribution in [0.3, 0.4) is 0 Å². The van der Waals surface area contributed by atoms with Crippen LogP contribution in [0, 0.1) is 0 Å². The standard InChI is InChI=1S/C42H47N3O4/c1-2-3-4-5-6-7-8-9-10-11-12-19-29-49-42(48)35-26-17-18-27-38(35)44-45-39-30-36(40(46)34-25-16-15-24-33(34)39)41(47)43-37-28-20-22-31-21-13-14-23-32(31)37/h13-18,20-28,30,46H,2-12,19,29H2,1H3,(H,43,47). The fraction of sp³-hybridized carbons (Fsp3) is 0.333. The Hall–Kier alpha value is -5.04. The molecule has 1 amide bonds. The number of carbonyl (C=O) groups excluding carboxylic acids is 2. The second-order valence-corrected chi connectivity index (χ2v) is 12.6. The molecule has 0 aromatic heterocycles. The monoisotopic (exact) mass is 657 g/mol. The lowest BCUT2D eigenvalue weighted by molar-refractivity contribution is 0.0498. The molecule has 0 aliphatic heterocycles. The van der Waals surface area contributed by atoms with Crippen LogP contribution < -0.4 is 5.32 Å². The summed E-state index contributed by atoms with van der Waals surface area (Å²) in [6, 6.07) is 29.1. The Bertz CT molecular complexity index is 1880. The number of anilines is 1. The Morgan fingerprint density at radius 3 is 1.92 bits per heavy atom. The topological polar surface area (TPSA) is 100 Å². The number of rotatable bonds is 18. The van der Waals surface area contributed by atoms with E-state index < -0.39 is 11.9 Å². The van der Waals surface area contributed by atoms with Gasteiger partial charge in [0.15, 0.2) is 0 Å². The molecule has 7 nitrogen and oxygen atoms in total. The van der Waals surface area contributed by atoms with E-state index in [0.717, 1.165) is 30.0 Å². The summed E-state index contributed by atoms with van der Waals surface area (Å²) in [6.45, 7) is 2.61. The Balaban J connectivity index is 1.21. The van der Waals surface area contributed by atoms with Gasteiger partial charge in [-0.05, 0) is 36.1 Å². The molecule has 0 fully saturated rings. The number of fused-ring (bicyclic) bond motifs is 2. The number of esters is 1. The molecule has 5 aromatic carbocycles. The Morgan fingerprint density at radius 2 is 1.18 bits per heavy atom. The first-order valence-electron chi connectivity index (χ1n) is 17.8. The lowest BCUT2D eigenvalue weighted by Gasteiger charge is -2.12. The SMILES string of the molecule is CCCCCCCCCCCCCCOC(=O)c1ccccc1N=Nc1cc(C(=O)Nc2cccc3ccccc23)c(O)c2ccccc12. The first-order chi connectivity index (χ1) is 24.1. The van der Waals surface area contributed by atoms with Crippen molar-refractivity contribution in [3.8, 4) is 5.75 Å². The van der Waals surface area contributed by atoms with Crippen molar-refractivity contribution in [2.75, 3.05) is 11.9 Å². The highest BCUT2D eigenvalue weighted by Gasteiger charge is 2.19. The summed E-state index contributed by atoms with van der Waals surface area (Å²) in [4.78, 5) is 26.6. The molecule has 0 saturated heterocycles. The molecule has 0 heterocycles. The number of ether oxygens (including phenoxy) is 1. The maximum Gasteiger partial charge on any atom is 0.340 e. The van der Waals surface area contributed by atoms with Gasteiger partial charge in [-0.1, -0.05) is 150 Å². The van der Waals surface area contributed by atoms with Crippen molar-refractivity contribution in [1.82, 2.24) is 0 Å². The minimum Gasteiger partial charge on any atom is -0.506 e. The number of benzene rings is 5. The summed E-state index contributed by atoms with van der Waals surface area (Å²) in [5.74, 6) is -1.06. The van der Waals surface area contributed by atoms with Crippen LogP contribution >= 0.6 is 0 Å². The van der Waals surface area contributed by atoms with Gasteiger partial charge in [0.05, 0.1) is 23.4 Å². The predicted octanol–water partition coefficient (Wildman–Crippen LogP) is 12.2. The van der Waals surface area contributed by atoms with Crippen molar-refractivity contribution in [2.45, 2.75) is 84.0 Å². The van der Waals surface area contributed by atoms with E-state index in [4.69, 9.17) is 4.74 Å². The maximum absolute atomic E-state index is 13.6. The van der Waals surface area contributed by atoms with Crippen LogP contribution in [0.4, 0.5) is 17.1 Å². The van der Waals surface area contributed by atoms with Crippen LogP contribution in [0.5, 0.6) is 5.75 Å². The fourth-order valence-corrected chi connectivity index (χ4v) is 6.15. The third-order valence-electron chi connectivity index (χ3n) is 8.90. The van der Waals surface area contributed by atoms with E-state index in [1.165, 1.54) is 63.9 Å². The van der Waals surface area contributed by atoms with E-state index in [1.54, 1.807) is 36.4 Å². The van der Waals surface area contributed by atoms with Crippen LogP contribution in [-0.4, -0.2) is 23.6 Å². The Labute approximate surface area is 289 Å². The molecular weight excluding hydrogens is 610 g/mol. The first-order valence-corrected chi connectivity index (χ1v) is 17.8. The molecule has 254 valence electrons. The number of amides is 1. The minimum atomic E-state index is -0.474. The second kappa shape index (κ2) is 18.5. The maximum atomic E-state index is 13.6. The summed E-state index contributed by atoms with van der Waals surface area (Å²) in [5.41, 5.74) is 1.77. The van der Waals surface area contributed by atoms with Gasteiger partial charge in [0.2, 0.25) is 0 Å². The van der Waals surface area contributed by atoms with Crippen LogP contribution in [0.1, 0.15) is 105 Å². The number of nitrogens with zero attached hydrogens (tertiary/aromatic N) is 2. The van der Waals surface area contributed by atoms with Crippen molar-refractivity contribution in [3.63, 3.8) is 0 Å². The third kappa shape index (κ3) is 9.75. The molecule has 0 aliphatic rings. The smallest absolute Gasteiger partial charge is 0.340 e. The molecule has 49 heavy (non-hydrogen) atoms. The zero-order valence-corrected chi connectivity index (χ0v) is 28.5. The molecule has 5 rings (SSSR count). The van der Waals surface area contributed by atoms with Crippen LogP contribution in [-0.2, 0) is 4.74 Å². The molecule has 2 N–H and O–H groups in total. The summed E-state index contributed by atoms with van der Waals surface area (Å²) < 4.78 is 5.61. The molecular formula is C42H47N3O4. The highest BCUT2D eigenvalue weighted by molar-refractivity contribution is 6.14. The number of azo groups is 1. The van der Waals surface area contributed by atoms with Crippen molar-refractivity contribution >= 4 is 50.5 Å². The minimum absolute atomic E-state index is 0.0655. The van der Waals surface area contributed by atoms with Gasteiger partial charge in [0.25, 0.3) is 5.91 Å². The lowest BCUT2D eigenvalue weighted by atomic mass is 10.0.